The molecular formula is C13H10FNOS. The van der Waals surface area contributed by atoms with E-state index in [1.54, 1.807) is 16.4 Å². The fraction of sp³-hybridized carbons (Fsp3) is 0.0769. The molecule has 0 radical (unpaired) electrons. The van der Waals surface area contributed by atoms with Gasteiger partial charge in [-0.2, -0.15) is 0 Å². The maximum absolute atomic E-state index is 12.8. The second kappa shape index (κ2) is 3.96. The van der Waals surface area contributed by atoms with E-state index < -0.39 is 11.0 Å². The van der Waals surface area contributed by atoms with Crippen molar-refractivity contribution in [3.63, 3.8) is 0 Å². The first-order valence-corrected chi connectivity index (χ1v) is 6.39. The van der Waals surface area contributed by atoms with E-state index in [9.17, 15) is 8.60 Å². The van der Waals surface area contributed by atoms with Crippen LogP contribution in [0.3, 0.4) is 0 Å². The molecule has 1 aliphatic rings. The molecule has 1 heterocycles. The van der Waals surface area contributed by atoms with Crippen LogP contribution in [0.1, 0.15) is 5.56 Å². The molecule has 17 heavy (non-hydrogen) atoms. The lowest BCUT2D eigenvalue weighted by Gasteiger charge is -2.15. The van der Waals surface area contributed by atoms with Crippen LogP contribution in [0.2, 0.25) is 0 Å². The number of halogens is 1. The summed E-state index contributed by atoms with van der Waals surface area (Å²) in [6.45, 7) is 0.606. The summed E-state index contributed by atoms with van der Waals surface area (Å²) in [5.74, 6) is -0.281. The van der Waals surface area contributed by atoms with Gasteiger partial charge in [-0.05, 0) is 35.9 Å². The number of rotatable bonds is 1. The quantitative estimate of drug-likeness (QED) is 0.758. The third-order valence-corrected chi connectivity index (χ3v) is 4.30. The molecule has 0 spiro atoms. The van der Waals surface area contributed by atoms with Crippen molar-refractivity contribution in [2.45, 2.75) is 11.4 Å². The fourth-order valence-corrected chi connectivity index (χ4v) is 3.29. The van der Waals surface area contributed by atoms with Crippen LogP contribution in [0.15, 0.2) is 53.4 Å². The Hall–Kier alpha value is -1.68. The Bertz CT molecular complexity index is 582. The number of nitrogens with zero attached hydrogens (tertiary/aromatic N) is 1. The summed E-state index contributed by atoms with van der Waals surface area (Å²) in [7, 11) is -1.18. The van der Waals surface area contributed by atoms with E-state index in [0.717, 1.165) is 16.1 Å². The summed E-state index contributed by atoms with van der Waals surface area (Å²) >= 11 is 0. The second-order valence-electron chi connectivity index (χ2n) is 3.87. The lowest BCUT2D eigenvalue weighted by Crippen LogP contribution is -2.17. The van der Waals surface area contributed by atoms with Crippen LogP contribution >= 0.6 is 0 Å². The van der Waals surface area contributed by atoms with Gasteiger partial charge in [-0.15, -0.1) is 0 Å². The van der Waals surface area contributed by atoms with Crippen LogP contribution in [0.4, 0.5) is 10.1 Å². The van der Waals surface area contributed by atoms with Crippen molar-refractivity contribution in [1.82, 2.24) is 0 Å². The third kappa shape index (κ3) is 1.74. The van der Waals surface area contributed by atoms with Crippen molar-refractivity contribution >= 4 is 16.7 Å². The molecule has 0 saturated carbocycles. The third-order valence-electron chi connectivity index (χ3n) is 2.79. The van der Waals surface area contributed by atoms with Gasteiger partial charge >= 0.3 is 0 Å². The van der Waals surface area contributed by atoms with E-state index in [-0.39, 0.29) is 5.82 Å². The Morgan fingerprint density at radius 1 is 1.06 bits per heavy atom. The van der Waals surface area contributed by atoms with Crippen molar-refractivity contribution < 1.29 is 8.60 Å². The average molecular weight is 247 g/mol. The van der Waals surface area contributed by atoms with Crippen molar-refractivity contribution in [2.24, 2.45) is 0 Å². The highest BCUT2D eigenvalue weighted by Crippen LogP contribution is 2.31. The van der Waals surface area contributed by atoms with Gasteiger partial charge in [0.05, 0.1) is 17.1 Å². The Morgan fingerprint density at radius 3 is 2.47 bits per heavy atom. The smallest absolute Gasteiger partial charge is 0.153 e. The SMILES string of the molecule is O=S1c2ccccc2CN1c1ccc(F)cc1. The maximum Gasteiger partial charge on any atom is 0.153 e. The molecule has 0 aliphatic carbocycles. The van der Waals surface area contributed by atoms with Gasteiger partial charge in [0.15, 0.2) is 11.0 Å². The molecule has 0 aromatic heterocycles. The van der Waals surface area contributed by atoms with Gasteiger partial charge in [0.2, 0.25) is 0 Å². The lowest BCUT2D eigenvalue weighted by atomic mass is 10.2. The summed E-state index contributed by atoms with van der Waals surface area (Å²) in [6.07, 6.45) is 0. The van der Waals surface area contributed by atoms with E-state index in [4.69, 9.17) is 0 Å². The first-order chi connectivity index (χ1) is 8.25. The van der Waals surface area contributed by atoms with E-state index in [1.165, 1.54) is 12.1 Å². The second-order valence-corrected chi connectivity index (χ2v) is 5.25. The maximum atomic E-state index is 12.8. The molecule has 2 aromatic carbocycles. The van der Waals surface area contributed by atoms with Gasteiger partial charge in [-0.25, -0.2) is 8.60 Å². The summed E-state index contributed by atoms with van der Waals surface area (Å²) in [6, 6.07) is 13.7. The molecule has 1 atom stereocenters. The minimum absolute atomic E-state index is 0.281. The Morgan fingerprint density at radius 2 is 1.76 bits per heavy atom. The van der Waals surface area contributed by atoms with Crippen molar-refractivity contribution in [2.75, 3.05) is 4.31 Å². The van der Waals surface area contributed by atoms with Gasteiger partial charge in [-0.3, -0.25) is 4.31 Å². The topological polar surface area (TPSA) is 20.3 Å². The van der Waals surface area contributed by atoms with E-state index in [0.29, 0.717) is 6.54 Å². The lowest BCUT2D eigenvalue weighted by molar-refractivity contribution is 0.627. The zero-order chi connectivity index (χ0) is 11.8. The average Bonchev–Trinajstić information content (AvgIpc) is 2.69. The van der Waals surface area contributed by atoms with E-state index >= 15 is 0 Å². The molecule has 2 aromatic rings. The summed E-state index contributed by atoms with van der Waals surface area (Å²) in [5, 5.41) is 0. The van der Waals surface area contributed by atoms with Gasteiger partial charge in [-0.1, -0.05) is 18.2 Å². The summed E-state index contributed by atoms with van der Waals surface area (Å²) < 4.78 is 26.8. The molecular weight excluding hydrogens is 237 g/mol. The highest BCUT2D eigenvalue weighted by Gasteiger charge is 2.26. The molecule has 0 fully saturated rings. The minimum Gasteiger partial charge on any atom is -0.283 e. The number of hydrogen-bond donors (Lipinski definition) is 0. The predicted octanol–water partition coefficient (Wildman–Crippen LogP) is 2.87. The standard InChI is InChI=1S/C13H10FNOS/c14-11-5-7-12(8-6-11)15-9-10-3-1-2-4-13(10)17(15)16/h1-8H,9H2. The number of anilines is 1. The number of fused-ring (bicyclic) bond motifs is 1. The van der Waals surface area contributed by atoms with Gasteiger partial charge in [0.25, 0.3) is 0 Å². The first kappa shape index (κ1) is 10.5. The molecule has 0 amide bonds. The zero-order valence-electron chi connectivity index (χ0n) is 8.97. The molecule has 0 N–H and O–H groups in total. The van der Waals surface area contributed by atoms with Crippen molar-refractivity contribution in [3.8, 4) is 0 Å². The fourth-order valence-electron chi connectivity index (χ4n) is 1.93. The summed E-state index contributed by atoms with van der Waals surface area (Å²) in [4.78, 5) is 0.844. The monoisotopic (exact) mass is 247 g/mol. The number of benzene rings is 2. The molecule has 2 nitrogen and oxygen atoms in total. The van der Waals surface area contributed by atoms with Crippen LogP contribution in [0.25, 0.3) is 0 Å². The van der Waals surface area contributed by atoms with Gasteiger partial charge in [0.1, 0.15) is 5.82 Å². The Kier molecular flexibility index (Phi) is 2.44. The highest BCUT2D eigenvalue weighted by molar-refractivity contribution is 7.86. The normalized spacial score (nSPS) is 18.2. The van der Waals surface area contributed by atoms with Crippen LogP contribution in [0.5, 0.6) is 0 Å². The van der Waals surface area contributed by atoms with Gasteiger partial charge in [0, 0.05) is 0 Å². The highest BCUT2D eigenvalue weighted by atomic mass is 32.2. The Labute approximate surface area is 101 Å². The number of hydrogen-bond acceptors (Lipinski definition) is 1. The van der Waals surface area contributed by atoms with Crippen molar-refractivity contribution in [3.05, 3.63) is 59.9 Å². The molecule has 0 saturated heterocycles. The molecule has 0 bridgehead atoms. The summed E-state index contributed by atoms with van der Waals surface area (Å²) in [5.41, 5.74) is 1.84. The molecule has 1 aliphatic heterocycles. The van der Waals surface area contributed by atoms with Crippen LogP contribution in [-0.2, 0) is 17.5 Å². The van der Waals surface area contributed by atoms with Crippen LogP contribution < -0.4 is 4.31 Å². The van der Waals surface area contributed by atoms with Crippen molar-refractivity contribution in [1.29, 1.82) is 0 Å². The minimum atomic E-state index is -1.18. The van der Waals surface area contributed by atoms with E-state index in [1.807, 2.05) is 24.3 Å². The van der Waals surface area contributed by atoms with Crippen LogP contribution in [-0.4, -0.2) is 4.21 Å². The molecule has 4 heteroatoms. The zero-order valence-corrected chi connectivity index (χ0v) is 9.78. The molecule has 1 unspecified atom stereocenters. The van der Waals surface area contributed by atoms with Gasteiger partial charge < -0.3 is 0 Å². The van der Waals surface area contributed by atoms with Crippen LogP contribution in [0, 0.1) is 5.82 Å². The first-order valence-electron chi connectivity index (χ1n) is 5.28. The largest absolute Gasteiger partial charge is 0.283 e. The predicted molar refractivity (Wildman–Crippen MR) is 65.4 cm³/mol. The Balaban J connectivity index is 1.99. The van der Waals surface area contributed by atoms with E-state index in [2.05, 4.69) is 0 Å². The molecule has 3 rings (SSSR count). The molecule has 86 valence electrons.